The molecule has 0 bridgehead atoms. The Kier molecular flexibility index (Phi) is 5.56. The molecule has 1 heterocycles. The van der Waals surface area contributed by atoms with E-state index in [1.807, 2.05) is 39.0 Å². The van der Waals surface area contributed by atoms with Gasteiger partial charge in [-0.2, -0.15) is 0 Å². The molecule has 27 heavy (non-hydrogen) atoms. The number of amides is 1. The molecule has 0 saturated carbocycles. The van der Waals surface area contributed by atoms with E-state index >= 15 is 0 Å². The van der Waals surface area contributed by atoms with Gasteiger partial charge in [0.25, 0.3) is 5.91 Å². The summed E-state index contributed by atoms with van der Waals surface area (Å²) in [6.07, 6.45) is 0. The summed E-state index contributed by atoms with van der Waals surface area (Å²) in [6.45, 7) is 5.66. The molecule has 0 spiro atoms. The van der Waals surface area contributed by atoms with Gasteiger partial charge in [0, 0.05) is 5.69 Å². The number of halogens is 1. The third-order valence-electron chi connectivity index (χ3n) is 4.19. The number of rotatable bonds is 5. The fourth-order valence-electron chi connectivity index (χ4n) is 2.82. The SMILES string of the molecule is Cc1cccc(C(C)C)c1NC(=O)COC(=O)c1cc(Cl)c2c(c1)OCO2. The molecule has 0 aromatic heterocycles. The predicted octanol–water partition coefficient (Wildman–Crippen LogP) is 4.30. The van der Waals surface area contributed by atoms with Crippen LogP contribution in [0.15, 0.2) is 30.3 Å². The summed E-state index contributed by atoms with van der Waals surface area (Å²) in [5.41, 5.74) is 2.91. The Morgan fingerprint density at radius 3 is 2.78 bits per heavy atom. The molecular weight excluding hydrogens is 370 g/mol. The maximum atomic E-state index is 12.3. The van der Waals surface area contributed by atoms with Crippen LogP contribution in [0.2, 0.25) is 5.02 Å². The number of carbonyl (C=O) groups excluding carboxylic acids is 2. The van der Waals surface area contributed by atoms with E-state index < -0.39 is 18.5 Å². The van der Waals surface area contributed by atoms with Crippen LogP contribution in [0.5, 0.6) is 11.5 Å². The van der Waals surface area contributed by atoms with Gasteiger partial charge in [0.15, 0.2) is 18.1 Å². The molecule has 142 valence electrons. The lowest BCUT2D eigenvalue weighted by Gasteiger charge is -2.16. The monoisotopic (exact) mass is 389 g/mol. The van der Waals surface area contributed by atoms with Crippen LogP contribution in [0.3, 0.4) is 0 Å². The molecule has 1 aliphatic heterocycles. The maximum Gasteiger partial charge on any atom is 0.338 e. The zero-order chi connectivity index (χ0) is 19.6. The number of carbonyl (C=O) groups is 2. The van der Waals surface area contributed by atoms with E-state index in [4.69, 9.17) is 25.8 Å². The number of nitrogens with one attached hydrogen (secondary N) is 1. The Hall–Kier alpha value is -2.73. The summed E-state index contributed by atoms with van der Waals surface area (Å²) >= 11 is 6.06. The first-order chi connectivity index (χ1) is 12.9. The van der Waals surface area contributed by atoms with Crippen molar-refractivity contribution < 1.29 is 23.8 Å². The van der Waals surface area contributed by atoms with Crippen LogP contribution in [0, 0.1) is 6.92 Å². The van der Waals surface area contributed by atoms with Gasteiger partial charge in [-0.3, -0.25) is 4.79 Å². The van der Waals surface area contributed by atoms with Gasteiger partial charge in [0.05, 0.1) is 10.6 Å². The number of fused-ring (bicyclic) bond motifs is 1. The molecule has 6 nitrogen and oxygen atoms in total. The highest BCUT2D eigenvalue weighted by molar-refractivity contribution is 6.32. The molecule has 0 aliphatic carbocycles. The van der Waals surface area contributed by atoms with Crippen molar-refractivity contribution in [1.29, 1.82) is 0 Å². The molecule has 0 fully saturated rings. The van der Waals surface area contributed by atoms with E-state index in [0.29, 0.717) is 11.5 Å². The topological polar surface area (TPSA) is 73.9 Å². The highest BCUT2D eigenvalue weighted by Crippen LogP contribution is 2.39. The third kappa shape index (κ3) is 4.17. The van der Waals surface area contributed by atoms with Gasteiger partial charge >= 0.3 is 5.97 Å². The lowest BCUT2D eigenvalue weighted by molar-refractivity contribution is -0.119. The number of esters is 1. The fraction of sp³-hybridized carbons (Fsp3) is 0.300. The lowest BCUT2D eigenvalue weighted by Crippen LogP contribution is -2.22. The van der Waals surface area contributed by atoms with E-state index in [1.54, 1.807) is 0 Å². The largest absolute Gasteiger partial charge is 0.454 e. The second kappa shape index (κ2) is 7.88. The van der Waals surface area contributed by atoms with Gasteiger partial charge in [-0.15, -0.1) is 0 Å². The van der Waals surface area contributed by atoms with Gasteiger partial charge in [-0.05, 0) is 36.1 Å². The van der Waals surface area contributed by atoms with Crippen molar-refractivity contribution in [3.05, 3.63) is 52.0 Å². The zero-order valence-corrected chi connectivity index (χ0v) is 16.1. The summed E-state index contributed by atoms with van der Waals surface area (Å²) < 4.78 is 15.5. The summed E-state index contributed by atoms with van der Waals surface area (Å²) in [4.78, 5) is 24.5. The van der Waals surface area contributed by atoms with Crippen molar-refractivity contribution in [1.82, 2.24) is 0 Å². The van der Waals surface area contributed by atoms with Crippen LogP contribution in [-0.4, -0.2) is 25.3 Å². The summed E-state index contributed by atoms with van der Waals surface area (Å²) in [6, 6.07) is 8.74. The van der Waals surface area contributed by atoms with Crippen molar-refractivity contribution in [2.75, 3.05) is 18.7 Å². The van der Waals surface area contributed by atoms with Crippen molar-refractivity contribution in [2.24, 2.45) is 0 Å². The predicted molar refractivity (Wildman–Crippen MR) is 102 cm³/mol. The highest BCUT2D eigenvalue weighted by Gasteiger charge is 2.22. The molecule has 2 aromatic rings. The second-order valence-corrected chi connectivity index (χ2v) is 6.92. The first kappa shape index (κ1) is 19.0. The molecule has 7 heteroatoms. The van der Waals surface area contributed by atoms with Crippen LogP contribution >= 0.6 is 11.6 Å². The van der Waals surface area contributed by atoms with Gasteiger partial charge in [0.1, 0.15) is 0 Å². The van der Waals surface area contributed by atoms with Crippen molar-refractivity contribution >= 4 is 29.2 Å². The fourth-order valence-corrected chi connectivity index (χ4v) is 3.08. The van der Waals surface area contributed by atoms with Crippen LogP contribution in [0.25, 0.3) is 0 Å². The van der Waals surface area contributed by atoms with E-state index in [-0.39, 0.29) is 23.3 Å². The number of benzene rings is 2. The molecular formula is C20H20ClNO5. The second-order valence-electron chi connectivity index (χ2n) is 6.51. The van der Waals surface area contributed by atoms with Crippen molar-refractivity contribution in [3.8, 4) is 11.5 Å². The molecule has 1 N–H and O–H groups in total. The Labute approximate surface area is 162 Å². The molecule has 0 saturated heterocycles. The van der Waals surface area contributed by atoms with Crippen molar-refractivity contribution in [3.63, 3.8) is 0 Å². The van der Waals surface area contributed by atoms with E-state index in [1.165, 1.54) is 12.1 Å². The lowest BCUT2D eigenvalue weighted by atomic mass is 9.98. The number of anilines is 1. The molecule has 0 radical (unpaired) electrons. The van der Waals surface area contributed by atoms with Gasteiger partial charge < -0.3 is 19.5 Å². The average Bonchev–Trinajstić information content (AvgIpc) is 3.10. The van der Waals surface area contributed by atoms with Gasteiger partial charge in [0.2, 0.25) is 6.79 Å². The minimum absolute atomic E-state index is 0.0462. The average molecular weight is 390 g/mol. The Morgan fingerprint density at radius 1 is 1.26 bits per heavy atom. The Bertz CT molecular complexity index is 894. The first-order valence-electron chi connectivity index (χ1n) is 8.52. The number of ether oxygens (including phenoxy) is 3. The smallest absolute Gasteiger partial charge is 0.338 e. The Balaban J connectivity index is 1.65. The maximum absolute atomic E-state index is 12.3. The summed E-state index contributed by atoms with van der Waals surface area (Å²) in [5, 5.41) is 3.09. The van der Waals surface area contributed by atoms with Crippen LogP contribution in [0.4, 0.5) is 5.69 Å². The summed E-state index contributed by atoms with van der Waals surface area (Å²) in [7, 11) is 0. The van der Waals surface area contributed by atoms with E-state index in [9.17, 15) is 9.59 Å². The van der Waals surface area contributed by atoms with Crippen LogP contribution in [-0.2, 0) is 9.53 Å². The number of hydrogen-bond donors (Lipinski definition) is 1. The van der Waals surface area contributed by atoms with E-state index in [0.717, 1.165) is 16.8 Å². The minimum Gasteiger partial charge on any atom is -0.454 e. The van der Waals surface area contributed by atoms with Gasteiger partial charge in [-0.25, -0.2) is 4.79 Å². The number of hydrogen-bond acceptors (Lipinski definition) is 5. The zero-order valence-electron chi connectivity index (χ0n) is 15.3. The number of para-hydroxylation sites is 1. The molecule has 1 amide bonds. The van der Waals surface area contributed by atoms with Crippen molar-refractivity contribution in [2.45, 2.75) is 26.7 Å². The standard InChI is InChI=1S/C20H20ClNO5/c1-11(2)14-6-4-5-12(3)18(14)22-17(23)9-25-20(24)13-7-15(21)19-16(8-13)26-10-27-19/h4-8,11H,9-10H2,1-3H3,(H,22,23). The number of aryl methyl sites for hydroxylation is 1. The normalized spacial score (nSPS) is 12.2. The molecule has 1 aliphatic rings. The molecule has 3 rings (SSSR count). The minimum atomic E-state index is -0.667. The summed E-state index contributed by atoms with van der Waals surface area (Å²) in [5.74, 6) is -0.0590. The van der Waals surface area contributed by atoms with E-state index in [2.05, 4.69) is 5.32 Å². The van der Waals surface area contributed by atoms with Gasteiger partial charge in [-0.1, -0.05) is 43.6 Å². The first-order valence-corrected chi connectivity index (χ1v) is 8.90. The van der Waals surface area contributed by atoms with Crippen LogP contribution < -0.4 is 14.8 Å². The highest BCUT2D eigenvalue weighted by atomic mass is 35.5. The molecule has 0 unspecified atom stereocenters. The molecule has 2 aromatic carbocycles. The van der Waals surface area contributed by atoms with Crippen LogP contribution in [0.1, 0.15) is 41.3 Å². The molecule has 0 atom stereocenters. The third-order valence-corrected chi connectivity index (χ3v) is 4.47. The Morgan fingerprint density at radius 2 is 2.04 bits per heavy atom. The quantitative estimate of drug-likeness (QED) is 0.772.